The zero-order valence-corrected chi connectivity index (χ0v) is 29.0. The van der Waals surface area contributed by atoms with Crippen molar-refractivity contribution in [1.29, 1.82) is 0 Å². The van der Waals surface area contributed by atoms with Crippen molar-refractivity contribution in [2.75, 3.05) is 0 Å². The predicted octanol–water partition coefficient (Wildman–Crippen LogP) is 12.7. The molecule has 0 bridgehead atoms. The maximum absolute atomic E-state index is 6.80. The zero-order valence-electron chi connectivity index (χ0n) is 29.0. The fraction of sp³-hybridized carbons (Fsp3) is 0. The average molecular weight is 691 g/mol. The van der Waals surface area contributed by atoms with Gasteiger partial charge in [-0.1, -0.05) is 140 Å². The first kappa shape index (κ1) is 30.3. The van der Waals surface area contributed by atoms with Crippen molar-refractivity contribution in [3.05, 3.63) is 182 Å². The summed E-state index contributed by atoms with van der Waals surface area (Å²) in [5.74, 6) is 1.85. The van der Waals surface area contributed by atoms with Gasteiger partial charge in [0.1, 0.15) is 11.2 Å². The average Bonchev–Trinajstić information content (AvgIpc) is 3.80. The minimum atomic E-state index is 0.595. The van der Waals surface area contributed by atoms with Gasteiger partial charge in [0.05, 0.1) is 11.0 Å². The van der Waals surface area contributed by atoms with E-state index >= 15 is 0 Å². The van der Waals surface area contributed by atoms with Crippen LogP contribution in [0.2, 0.25) is 0 Å². The summed E-state index contributed by atoms with van der Waals surface area (Å²) in [6.07, 6.45) is 0. The highest BCUT2D eigenvalue weighted by molar-refractivity contribution is 6.22. The normalized spacial score (nSPS) is 11.7. The SMILES string of the molecule is c1ccc(-c2nc(-c3ccccc3)nc(-c3ccc4c(c3)oc3c(-c5ccc6c(c5)c5c7ccccc7ccc5n6-c5ccccc5)cccc34)n2)cc1. The Hall–Kier alpha value is -7.37. The lowest BCUT2D eigenvalue weighted by molar-refractivity contribution is 0.670. The summed E-state index contributed by atoms with van der Waals surface area (Å²) in [5.41, 5.74) is 10.0. The minimum absolute atomic E-state index is 0.595. The molecule has 8 aromatic carbocycles. The summed E-state index contributed by atoms with van der Waals surface area (Å²) >= 11 is 0. The van der Waals surface area contributed by atoms with Crippen molar-refractivity contribution in [2.45, 2.75) is 0 Å². The Bertz CT molecular complexity index is 3140. The van der Waals surface area contributed by atoms with Crippen LogP contribution in [-0.4, -0.2) is 19.5 Å². The smallest absolute Gasteiger partial charge is 0.164 e. The zero-order chi connectivity index (χ0) is 35.6. The molecule has 0 aliphatic rings. The molecule has 5 heteroatoms. The first-order valence-corrected chi connectivity index (χ1v) is 18.1. The van der Waals surface area contributed by atoms with E-state index in [9.17, 15) is 0 Å². The van der Waals surface area contributed by atoms with E-state index in [1.165, 1.54) is 32.6 Å². The largest absolute Gasteiger partial charge is 0.455 e. The fourth-order valence-electron chi connectivity index (χ4n) is 7.92. The summed E-state index contributed by atoms with van der Waals surface area (Å²) in [5, 5.41) is 7.03. The van der Waals surface area contributed by atoms with Crippen LogP contribution in [0.3, 0.4) is 0 Å². The lowest BCUT2D eigenvalue weighted by atomic mass is 9.98. The molecule has 0 amide bonds. The maximum atomic E-state index is 6.80. The molecule has 11 aromatic rings. The van der Waals surface area contributed by atoms with Crippen LogP contribution in [-0.2, 0) is 0 Å². The first-order chi connectivity index (χ1) is 26.8. The third kappa shape index (κ3) is 4.83. The van der Waals surface area contributed by atoms with Gasteiger partial charge in [0.15, 0.2) is 17.5 Å². The number of hydrogen-bond donors (Lipinski definition) is 0. The molecule has 0 saturated heterocycles. The number of nitrogens with zero attached hydrogens (tertiary/aromatic N) is 4. The molecule has 0 N–H and O–H groups in total. The van der Waals surface area contributed by atoms with Gasteiger partial charge >= 0.3 is 0 Å². The van der Waals surface area contributed by atoms with E-state index in [0.717, 1.165) is 55.4 Å². The molecule has 5 nitrogen and oxygen atoms in total. The lowest BCUT2D eigenvalue weighted by Crippen LogP contribution is -2.00. The van der Waals surface area contributed by atoms with Gasteiger partial charge in [-0.25, -0.2) is 15.0 Å². The minimum Gasteiger partial charge on any atom is -0.455 e. The number of rotatable bonds is 5. The Morgan fingerprint density at radius 1 is 0.389 bits per heavy atom. The highest BCUT2D eigenvalue weighted by atomic mass is 16.3. The van der Waals surface area contributed by atoms with Crippen molar-refractivity contribution in [3.8, 4) is 51.0 Å². The summed E-state index contributed by atoms with van der Waals surface area (Å²) in [4.78, 5) is 14.8. The Kier molecular flexibility index (Phi) is 6.79. The van der Waals surface area contributed by atoms with Gasteiger partial charge in [-0.05, 0) is 58.8 Å². The molecule has 0 aliphatic carbocycles. The third-order valence-corrected chi connectivity index (χ3v) is 10.4. The molecule has 0 unspecified atom stereocenters. The fourth-order valence-corrected chi connectivity index (χ4v) is 7.92. The van der Waals surface area contributed by atoms with Crippen molar-refractivity contribution >= 4 is 54.5 Å². The third-order valence-electron chi connectivity index (χ3n) is 10.4. The summed E-state index contributed by atoms with van der Waals surface area (Å²) in [6, 6.07) is 63.3. The first-order valence-electron chi connectivity index (χ1n) is 18.1. The maximum Gasteiger partial charge on any atom is 0.164 e. The standard InChI is InChI=1S/C49H30N4O/c1-4-14-32(15-5-1)47-50-48(33-16-6-2-7-17-33)52-49(51-47)35-23-26-39-40-22-12-21-38(46(40)54-44(39)30-35)34-25-27-42-41(29-34)45-37-20-11-10-13-31(37)24-28-43(45)53(42)36-18-8-3-9-19-36/h1-30H. The van der Waals surface area contributed by atoms with Gasteiger partial charge in [0.2, 0.25) is 0 Å². The number of para-hydroxylation sites is 2. The predicted molar refractivity (Wildman–Crippen MR) is 221 cm³/mol. The van der Waals surface area contributed by atoms with Gasteiger partial charge in [-0.2, -0.15) is 0 Å². The molecule has 54 heavy (non-hydrogen) atoms. The molecule has 0 radical (unpaired) electrons. The van der Waals surface area contributed by atoms with E-state index < -0.39 is 0 Å². The molecule has 3 aromatic heterocycles. The molecule has 0 spiro atoms. The van der Waals surface area contributed by atoms with Crippen LogP contribution in [0.4, 0.5) is 0 Å². The Balaban J connectivity index is 1.09. The van der Waals surface area contributed by atoms with Crippen molar-refractivity contribution in [1.82, 2.24) is 19.5 Å². The lowest BCUT2D eigenvalue weighted by Gasteiger charge is -2.08. The van der Waals surface area contributed by atoms with Crippen LogP contribution in [0.25, 0.3) is 105 Å². The highest BCUT2D eigenvalue weighted by Crippen LogP contribution is 2.42. The highest BCUT2D eigenvalue weighted by Gasteiger charge is 2.19. The Morgan fingerprint density at radius 3 is 1.74 bits per heavy atom. The van der Waals surface area contributed by atoms with Crippen LogP contribution in [0, 0.1) is 0 Å². The van der Waals surface area contributed by atoms with Crippen LogP contribution in [0.15, 0.2) is 186 Å². The van der Waals surface area contributed by atoms with E-state index in [2.05, 4.69) is 126 Å². The van der Waals surface area contributed by atoms with E-state index in [-0.39, 0.29) is 0 Å². The van der Waals surface area contributed by atoms with E-state index in [1.54, 1.807) is 0 Å². The number of aromatic nitrogens is 4. The summed E-state index contributed by atoms with van der Waals surface area (Å²) < 4.78 is 9.17. The molecule has 0 aliphatic heterocycles. The van der Waals surface area contributed by atoms with Crippen LogP contribution in [0.5, 0.6) is 0 Å². The van der Waals surface area contributed by atoms with Gasteiger partial charge in [-0.3, -0.25) is 0 Å². The Labute approximate surface area is 310 Å². The quantitative estimate of drug-likeness (QED) is 0.180. The van der Waals surface area contributed by atoms with E-state index in [1.807, 2.05) is 60.7 Å². The molecule has 252 valence electrons. The number of fused-ring (bicyclic) bond motifs is 8. The molecule has 0 atom stereocenters. The monoisotopic (exact) mass is 690 g/mol. The molecule has 0 saturated carbocycles. The Morgan fingerprint density at radius 2 is 1.00 bits per heavy atom. The number of hydrogen-bond acceptors (Lipinski definition) is 4. The van der Waals surface area contributed by atoms with Crippen LogP contribution >= 0.6 is 0 Å². The van der Waals surface area contributed by atoms with Crippen LogP contribution < -0.4 is 0 Å². The van der Waals surface area contributed by atoms with E-state index in [0.29, 0.717) is 17.5 Å². The molecule has 3 heterocycles. The molecule has 11 rings (SSSR count). The van der Waals surface area contributed by atoms with Gasteiger partial charge in [0.25, 0.3) is 0 Å². The molecular weight excluding hydrogens is 661 g/mol. The van der Waals surface area contributed by atoms with E-state index in [4.69, 9.17) is 19.4 Å². The van der Waals surface area contributed by atoms with Crippen LogP contribution in [0.1, 0.15) is 0 Å². The van der Waals surface area contributed by atoms with Crippen molar-refractivity contribution in [3.63, 3.8) is 0 Å². The second-order valence-corrected chi connectivity index (χ2v) is 13.6. The summed E-state index contributed by atoms with van der Waals surface area (Å²) in [7, 11) is 0. The second kappa shape index (κ2) is 12.1. The number of furan rings is 1. The molecule has 0 fully saturated rings. The topological polar surface area (TPSA) is 56.7 Å². The number of benzene rings is 8. The summed E-state index contributed by atoms with van der Waals surface area (Å²) in [6.45, 7) is 0. The molecular formula is C49H30N4O. The van der Waals surface area contributed by atoms with Crippen molar-refractivity contribution < 1.29 is 4.42 Å². The van der Waals surface area contributed by atoms with Crippen molar-refractivity contribution in [2.24, 2.45) is 0 Å². The second-order valence-electron chi connectivity index (χ2n) is 13.6. The van der Waals surface area contributed by atoms with Gasteiger partial charge in [0, 0.05) is 49.5 Å². The van der Waals surface area contributed by atoms with Gasteiger partial charge in [-0.15, -0.1) is 0 Å². The van der Waals surface area contributed by atoms with Gasteiger partial charge < -0.3 is 8.98 Å².